The van der Waals surface area contributed by atoms with Crippen LogP contribution in [0.4, 0.5) is 14.6 Å². The van der Waals surface area contributed by atoms with E-state index in [0.717, 1.165) is 23.6 Å². The van der Waals surface area contributed by atoms with Crippen molar-refractivity contribution in [2.45, 2.75) is 19.9 Å². The lowest BCUT2D eigenvalue weighted by Crippen LogP contribution is -2.24. The average Bonchev–Trinajstić information content (AvgIpc) is 2.41. The molecular weight excluding hydrogens is 262 g/mol. The van der Waals surface area contributed by atoms with Gasteiger partial charge in [-0.2, -0.15) is 0 Å². The Hall–Kier alpha value is -2.17. The van der Waals surface area contributed by atoms with Gasteiger partial charge in [0.05, 0.1) is 12.2 Å². The van der Waals surface area contributed by atoms with Crippen LogP contribution >= 0.6 is 0 Å². The van der Waals surface area contributed by atoms with Crippen LogP contribution in [0.25, 0.3) is 0 Å². The van der Waals surface area contributed by atoms with Crippen LogP contribution in [0.1, 0.15) is 12.5 Å². The number of aromatic nitrogens is 1. The first kappa shape index (κ1) is 14.2. The molecule has 20 heavy (non-hydrogen) atoms. The zero-order chi connectivity index (χ0) is 14.5. The fourth-order valence-corrected chi connectivity index (χ4v) is 1.65. The molecule has 2 rings (SSSR count). The minimum Gasteiger partial charge on any atom is -0.491 e. The van der Waals surface area contributed by atoms with E-state index in [9.17, 15) is 8.78 Å². The summed E-state index contributed by atoms with van der Waals surface area (Å²) in [5.41, 5.74) is 1.15. The van der Waals surface area contributed by atoms with Crippen molar-refractivity contribution in [2.24, 2.45) is 0 Å². The molecule has 0 saturated carbocycles. The van der Waals surface area contributed by atoms with Crippen LogP contribution in [0.3, 0.4) is 0 Å². The lowest BCUT2D eigenvalue weighted by Gasteiger charge is -2.16. The van der Waals surface area contributed by atoms with Crippen LogP contribution in [0.2, 0.25) is 0 Å². The second-order valence-corrected chi connectivity index (χ2v) is 4.65. The van der Waals surface area contributed by atoms with Crippen LogP contribution < -0.4 is 10.1 Å². The van der Waals surface area contributed by atoms with E-state index in [-0.39, 0.29) is 11.9 Å². The molecule has 1 aromatic carbocycles. The van der Waals surface area contributed by atoms with Crippen LogP contribution in [-0.2, 0) is 0 Å². The molecule has 0 spiro atoms. The number of hydrogen-bond acceptors (Lipinski definition) is 3. The van der Waals surface area contributed by atoms with Crippen LogP contribution in [0.5, 0.6) is 5.75 Å². The van der Waals surface area contributed by atoms with Crippen molar-refractivity contribution in [1.29, 1.82) is 0 Å². The molecule has 2 aromatic rings. The van der Waals surface area contributed by atoms with Crippen molar-refractivity contribution < 1.29 is 13.5 Å². The Morgan fingerprint density at radius 2 is 1.95 bits per heavy atom. The molecule has 0 bridgehead atoms. The molecular formula is C15H16F2N2O. The van der Waals surface area contributed by atoms with Gasteiger partial charge in [0.1, 0.15) is 18.2 Å². The second kappa shape index (κ2) is 6.32. The number of nitrogens with one attached hydrogen (secondary N) is 1. The number of anilines is 1. The van der Waals surface area contributed by atoms with Crippen molar-refractivity contribution in [3.05, 3.63) is 53.7 Å². The first-order valence-electron chi connectivity index (χ1n) is 6.31. The smallest absolute Gasteiger partial charge is 0.168 e. The largest absolute Gasteiger partial charge is 0.491 e. The fourth-order valence-electron chi connectivity index (χ4n) is 1.65. The van der Waals surface area contributed by atoms with Gasteiger partial charge in [-0.1, -0.05) is 17.7 Å². The van der Waals surface area contributed by atoms with E-state index in [1.807, 2.05) is 38.1 Å². The lowest BCUT2D eigenvalue weighted by atomic mass is 10.2. The topological polar surface area (TPSA) is 34.1 Å². The maximum absolute atomic E-state index is 13.4. The highest BCUT2D eigenvalue weighted by Gasteiger charge is 2.09. The SMILES string of the molecule is Cc1ccc(OCC(C)Nc2ncc(F)cc2F)cc1. The van der Waals surface area contributed by atoms with Gasteiger partial charge in [0.2, 0.25) is 0 Å². The summed E-state index contributed by atoms with van der Waals surface area (Å²) >= 11 is 0. The van der Waals surface area contributed by atoms with E-state index in [2.05, 4.69) is 10.3 Å². The molecule has 0 aliphatic carbocycles. The number of benzene rings is 1. The second-order valence-electron chi connectivity index (χ2n) is 4.65. The first-order valence-corrected chi connectivity index (χ1v) is 6.31. The highest BCUT2D eigenvalue weighted by Crippen LogP contribution is 2.14. The van der Waals surface area contributed by atoms with Crippen molar-refractivity contribution >= 4 is 5.82 Å². The molecule has 1 unspecified atom stereocenters. The number of hydrogen-bond donors (Lipinski definition) is 1. The Morgan fingerprint density at radius 1 is 1.25 bits per heavy atom. The third kappa shape index (κ3) is 3.91. The number of halogens is 2. The maximum atomic E-state index is 13.4. The zero-order valence-corrected chi connectivity index (χ0v) is 11.4. The van der Waals surface area contributed by atoms with Crippen LogP contribution in [0.15, 0.2) is 36.5 Å². The number of aryl methyl sites for hydroxylation is 1. The summed E-state index contributed by atoms with van der Waals surface area (Å²) in [6.07, 6.45) is 0.971. The summed E-state index contributed by atoms with van der Waals surface area (Å²) in [4.78, 5) is 3.67. The van der Waals surface area contributed by atoms with Crippen LogP contribution in [-0.4, -0.2) is 17.6 Å². The van der Waals surface area contributed by atoms with Crippen molar-refractivity contribution in [3.63, 3.8) is 0 Å². The third-order valence-corrected chi connectivity index (χ3v) is 2.71. The van der Waals surface area contributed by atoms with E-state index in [0.29, 0.717) is 6.61 Å². The van der Waals surface area contributed by atoms with Crippen molar-refractivity contribution in [1.82, 2.24) is 4.98 Å². The number of rotatable bonds is 5. The van der Waals surface area contributed by atoms with E-state index in [1.165, 1.54) is 0 Å². The minimum atomic E-state index is -0.716. The van der Waals surface area contributed by atoms with Gasteiger partial charge in [-0.3, -0.25) is 0 Å². The average molecular weight is 278 g/mol. The van der Waals surface area contributed by atoms with Gasteiger partial charge in [0.25, 0.3) is 0 Å². The molecule has 0 aliphatic heterocycles. The van der Waals surface area contributed by atoms with Gasteiger partial charge < -0.3 is 10.1 Å². The highest BCUT2D eigenvalue weighted by molar-refractivity contribution is 5.37. The standard InChI is InChI=1S/C15H16F2N2O/c1-10-3-5-13(6-4-10)20-9-11(2)19-15-14(17)7-12(16)8-18-15/h3-8,11H,9H2,1-2H3,(H,18,19). The summed E-state index contributed by atoms with van der Waals surface area (Å²) in [6, 6.07) is 8.28. The minimum absolute atomic E-state index is 0.0198. The predicted molar refractivity (Wildman–Crippen MR) is 73.9 cm³/mol. The molecule has 1 aromatic heterocycles. The maximum Gasteiger partial charge on any atom is 0.168 e. The summed E-state index contributed by atoms with van der Waals surface area (Å²) in [7, 11) is 0. The highest BCUT2D eigenvalue weighted by atomic mass is 19.1. The molecule has 106 valence electrons. The van der Waals surface area contributed by atoms with Gasteiger partial charge in [-0.25, -0.2) is 13.8 Å². The molecule has 1 N–H and O–H groups in total. The lowest BCUT2D eigenvalue weighted by molar-refractivity contribution is 0.303. The molecule has 0 aliphatic rings. The monoisotopic (exact) mass is 278 g/mol. The van der Waals surface area contributed by atoms with E-state index >= 15 is 0 Å². The number of ether oxygens (including phenoxy) is 1. The summed E-state index contributed by atoms with van der Waals surface area (Å²) in [5, 5.41) is 2.84. The third-order valence-electron chi connectivity index (χ3n) is 2.71. The Labute approximate surface area is 116 Å². The Kier molecular flexibility index (Phi) is 4.50. The molecule has 1 heterocycles. The van der Waals surface area contributed by atoms with E-state index in [4.69, 9.17) is 4.74 Å². The molecule has 0 amide bonds. The van der Waals surface area contributed by atoms with Gasteiger partial charge in [-0.15, -0.1) is 0 Å². The van der Waals surface area contributed by atoms with Gasteiger partial charge in [-0.05, 0) is 26.0 Å². The first-order chi connectivity index (χ1) is 9.54. The number of pyridine rings is 1. The van der Waals surface area contributed by atoms with Crippen molar-refractivity contribution in [3.8, 4) is 5.75 Å². The van der Waals surface area contributed by atoms with E-state index < -0.39 is 11.6 Å². The molecule has 3 nitrogen and oxygen atoms in total. The number of nitrogens with zero attached hydrogens (tertiary/aromatic N) is 1. The Bertz CT molecular complexity index is 573. The van der Waals surface area contributed by atoms with Crippen LogP contribution in [0, 0.1) is 18.6 Å². The van der Waals surface area contributed by atoms with Crippen molar-refractivity contribution in [2.75, 3.05) is 11.9 Å². The Balaban J connectivity index is 1.89. The molecule has 0 radical (unpaired) electrons. The Morgan fingerprint density at radius 3 is 2.60 bits per heavy atom. The van der Waals surface area contributed by atoms with E-state index in [1.54, 1.807) is 0 Å². The quantitative estimate of drug-likeness (QED) is 0.908. The molecule has 0 fully saturated rings. The molecule has 0 saturated heterocycles. The summed E-state index contributed by atoms with van der Waals surface area (Å²) in [5.74, 6) is -0.646. The summed E-state index contributed by atoms with van der Waals surface area (Å²) in [6.45, 7) is 4.18. The molecule has 1 atom stereocenters. The predicted octanol–water partition coefficient (Wildman–Crippen LogP) is 3.55. The molecule has 5 heteroatoms. The summed E-state index contributed by atoms with van der Waals surface area (Å²) < 4.78 is 31.7. The van der Waals surface area contributed by atoms with Gasteiger partial charge >= 0.3 is 0 Å². The zero-order valence-electron chi connectivity index (χ0n) is 11.4. The van der Waals surface area contributed by atoms with Gasteiger partial charge in [0, 0.05) is 6.07 Å². The van der Waals surface area contributed by atoms with Gasteiger partial charge in [0.15, 0.2) is 11.6 Å². The fraction of sp³-hybridized carbons (Fsp3) is 0.267. The normalized spacial score (nSPS) is 12.0.